The average molecular weight is 317 g/mol. The summed E-state index contributed by atoms with van der Waals surface area (Å²) in [6, 6.07) is 9.98. The first kappa shape index (κ1) is 16.0. The van der Waals surface area contributed by atoms with Crippen LogP contribution in [0.3, 0.4) is 0 Å². The number of amides is 1. The van der Waals surface area contributed by atoms with Crippen molar-refractivity contribution in [3.63, 3.8) is 0 Å². The molecule has 1 saturated carbocycles. The van der Waals surface area contributed by atoms with Crippen molar-refractivity contribution < 1.29 is 19.4 Å². The third-order valence-corrected chi connectivity index (χ3v) is 4.98. The van der Waals surface area contributed by atoms with Gasteiger partial charge in [0.15, 0.2) is 0 Å². The van der Waals surface area contributed by atoms with Crippen molar-refractivity contribution >= 4 is 11.9 Å². The Morgan fingerprint density at radius 3 is 2.35 bits per heavy atom. The van der Waals surface area contributed by atoms with Crippen molar-refractivity contribution in [1.29, 1.82) is 0 Å². The second-order valence-electron chi connectivity index (χ2n) is 6.44. The predicted molar refractivity (Wildman–Crippen MR) is 84.8 cm³/mol. The molecule has 2 aliphatic rings. The number of rotatable bonds is 3. The van der Waals surface area contributed by atoms with Crippen LogP contribution in [-0.4, -0.2) is 41.6 Å². The number of carboxylic acid groups (broad SMARTS) is 1. The first-order valence-electron chi connectivity index (χ1n) is 8.33. The molecule has 1 atom stereocenters. The highest BCUT2D eigenvalue weighted by Crippen LogP contribution is 2.31. The fraction of sp³-hybridized carbons (Fsp3) is 0.556. The first-order chi connectivity index (χ1) is 11.1. The Labute approximate surface area is 136 Å². The number of aliphatic carboxylic acids is 1. The molecule has 0 bridgehead atoms. The van der Waals surface area contributed by atoms with Crippen molar-refractivity contribution in [1.82, 2.24) is 4.90 Å². The van der Waals surface area contributed by atoms with Crippen molar-refractivity contribution in [2.24, 2.45) is 11.8 Å². The molecular weight excluding hydrogens is 294 g/mol. The van der Waals surface area contributed by atoms with Gasteiger partial charge in [0.05, 0.1) is 19.1 Å². The van der Waals surface area contributed by atoms with E-state index in [1.807, 2.05) is 35.2 Å². The monoisotopic (exact) mass is 317 g/mol. The minimum absolute atomic E-state index is 0.0277. The number of carboxylic acids is 1. The van der Waals surface area contributed by atoms with Crippen LogP contribution in [0, 0.1) is 11.8 Å². The summed E-state index contributed by atoms with van der Waals surface area (Å²) in [5.41, 5.74) is 1.10. The molecule has 5 nitrogen and oxygen atoms in total. The number of morpholine rings is 1. The molecule has 3 rings (SSSR count). The summed E-state index contributed by atoms with van der Waals surface area (Å²) in [5.74, 6) is -0.870. The predicted octanol–water partition coefficient (Wildman–Crippen LogP) is 2.48. The largest absolute Gasteiger partial charge is 0.481 e. The Morgan fingerprint density at radius 1 is 1.04 bits per heavy atom. The Balaban J connectivity index is 1.58. The summed E-state index contributed by atoms with van der Waals surface area (Å²) in [6.07, 6.45) is 2.52. The molecule has 1 heterocycles. The van der Waals surface area contributed by atoms with Crippen LogP contribution >= 0.6 is 0 Å². The van der Waals surface area contributed by atoms with Crippen LogP contribution in [0.5, 0.6) is 0 Å². The number of carbonyl (C=O) groups excluding carboxylic acids is 1. The zero-order chi connectivity index (χ0) is 16.2. The molecule has 1 unspecified atom stereocenters. The van der Waals surface area contributed by atoms with Gasteiger partial charge >= 0.3 is 5.97 Å². The summed E-state index contributed by atoms with van der Waals surface area (Å²) >= 11 is 0. The minimum Gasteiger partial charge on any atom is -0.481 e. The topological polar surface area (TPSA) is 66.8 Å². The maximum Gasteiger partial charge on any atom is 0.306 e. The number of nitrogens with zero attached hydrogens (tertiary/aromatic N) is 1. The van der Waals surface area contributed by atoms with Gasteiger partial charge in [-0.3, -0.25) is 9.59 Å². The van der Waals surface area contributed by atoms with Gasteiger partial charge in [-0.15, -0.1) is 0 Å². The zero-order valence-corrected chi connectivity index (χ0v) is 13.2. The van der Waals surface area contributed by atoms with Gasteiger partial charge < -0.3 is 14.7 Å². The van der Waals surface area contributed by atoms with Gasteiger partial charge in [0.1, 0.15) is 6.10 Å². The van der Waals surface area contributed by atoms with Crippen molar-refractivity contribution in [3.8, 4) is 0 Å². The minimum atomic E-state index is -0.730. The van der Waals surface area contributed by atoms with Gasteiger partial charge in [-0.2, -0.15) is 0 Å². The fourth-order valence-electron chi connectivity index (χ4n) is 3.56. The van der Waals surface area contributed by atoms with Crippen LogP contribution in [0.1, 0.15) is 37.4 Å². The highest BCUT2D eigenvalue weighted by molar-refractivity contribution is 5.79. The molecule has 1 aliphatic carbocycles. The fourth-order valence-corrected chi connectivity index (χ4v) is 3.56. The van der Waals surface area contributed by atoms with Gasteiger partial charge in [0, 0.05) is 12.5 Å². The molecular formula is C18H23NO4. The second kappa shape index (κ2) is 7.13. The van der Waals surface area contributed by atoms with E-state index < -0.39 is 5.97 Å². The smallest absolute Gasteiger partial charge is 0.306 e. The van der Waals surface area contributed by atoms with Crippen LogP contribution in [0.2, 0.25) is 0 Å². The molecule has 124 valence electrons. The van der Waals surface area contributed by atoms with Gasteiger partial charge in [-0.1, -0.05) is 30.3 Å². The maximum absolute atomic E-state index is 12.7. The number of benzene rings is 1. The quantitative estimate of drug-likeness (QED) is 0.930. The lowest BCUT2D eigenvalue weighted by Crippen LogP contribution is -2.45. The van der Waals surface area contributed by atoms with Gasteiger partial charge in [-0.25, -0.2) is 0 Å². The zero-order valence-electron chi connectivity index (χ0n) is 13.2. The van der Waals surface area contributed by atoms with Crippen LogP contribution in [-0.2, 0) is 14.3 Å². The normalized spacial score (nSPS) is 28.3. The Kier molecular flexibility index (Phi) is 4.96. The Bertz CT molecular complexity index is 551. The lowest BCUT2D eigenvalue weighted by atomic mass is 9.81. The summed E-state index contributed by atoms with van der Waals surface area (Å²) in [6.45, 7) is 1.76. The van der Waals surface area contributed by atoms with E-state index in [9.17, 15) is 9.59 Å². The van der Waals surface area contributed by atoms with Gasteiger partial charge in [0.25, 0.3) is 0 Å². The van der Waals surface area contributed by atoms with Crippen LogP contribution in [0.4, 0.5) is 0 Å². The molecule has 5 heteroatoms. The van der Waals surface area contributed by atoms with Gasteiger partial charge in [-0.05, 0) is 31.2 Å². The second-order valence-corrected chi connectivity index (χ2v) is 6.44. The van der Waals surface area contributed by atoms with Crippen molar-refractivity contribution in [2.75, 3.05) is 19.7 Å². The summed E-state index contributed by atoms with van der Waals surface area (Å²) in [4.78, 5) is 25.6. The van der Waals surface area contributed by atoms with E-state index in [0.717, 1.165) is 5.56 Å². The van der Waals surface area contributed by atoms with Crippen molar-refractivity contribution in [2.45, 2.75) is 31.8 Å². The highest BCUT2D eigenvalue weighted by atomic mass is 16.5. The molecule has 1 amide bonds. The highest BCUT2D eigenvalue weighted by Gasteiger charge is 2.34. The third kappa shape index (κ3) is 3.72. The summed E-state index contributed by atoms with van der Waals surface area (Å²) in [7, 11) is 0. The SMILES string of the molecule is O=C(O)C1CCC(C(=O)N2CCOC(c3ccccc3)C2)CC1. The maximum atomic E-state index is 12.7. The molecule has 1 aromatic rings. The number of hydrogen-bond acceptors (Lipinski definition) is 3. The van der Waals surface area contributed by atoms with Gasteiger partial charge in [0.2, 0.25) is 5.91 Å². The molecule has 2 fully saturated rings. The summed E-state index contributed by atoms with van der Waals surface area (Å²) < 4.78 is 5.81. The molecule has 0 radical (unpaired) electrons. The van der Waals surface area contributed by atoms with E-state index in [2.05, 4.69) is 0 Å². The number of hydrogen-bond donors (Lipinski definition) is 1. The molecule has 1 N–H and O–H groups in total. The van der Waals surface area contributed by atoms with E-state index in [-0.39, 0.29) is 23.8 Å². The van der Waals surface area contributed by atoms with E-state index >= 15 is 0 Å². The molecule has 23 heavy (non-hydrogen) atoms. The van der Waals surface area contributed by atoms with E-state index in [0.29, 0.717) is 45.4 Å². The van der Waals surface area contributed by atoms with E-state index in [1.165, 1.54) is 0 Å². The lowest BCUT2D eigenvalue weighted by molar-refractivity contribution is -0.148. The Hall–Kier alpha value is -1.88. The Morgan fingerprint density at radius 2 is 1.70 bits per heavy atom. The molecule has 1 aromatic carbocycles. The van der Waals surface area contributed by atoms with Crippen LogP contribution < -0.4 is 0 Å². The number of ether oxygens (including phenoxy) is 1. The standard InChI is InChI=1S/C18H23NO4/c20-17(14-6-8-15(9-7-14)18(21)22)19-10-11-23-16(12-19)13-4-2-1-3-5-13/h1-5,14-16H,6-12H2,(H,21,22). The average Bonchev–Trinajstić information content (AvgIpc) is 2.62. The molecule has 0 aromatic heterocycles. The summed E-state index contributed by atoms with van der Waals surface area (Å²) in [5, 5.41) is 9.06. The van der Waals surface area contributed by atoms with Crippen LogP contribution in [0.15, 0.2) is 30.3 Å². The van der Waals surface area contributed by atoms with E-state index in [1.54, 1.807) is 0 Å². The van der Waals surface area contributed by atoms with Crippen LogP contribution in [0.25, 0.3) is 0 Å². The number of carbonyl (C=O) groups is 2. The molecule has 0 spiro atoms. The van der Waals surface area contributed by atoms with E-state index in [4.69, 9.17) is 9.84 Å². The molecule has 1 saturated heterocycles. The lowest BCUT2D eigenvalue weighted by Gasteiger charge is -2.36. The first-order valence-corrected chi connectivity index (χ1v) is 8.33. The third-order valence-electron chi connectivity index (χ3n) is 4.98. The molecule has 1 aliphatic heterocycles. The van der Waals surface area contributed by atoms with Crippen molar-refractivity contribution in [3.05, 3.63) is 35.9 Å².